The Hall–Kier alpha value is -1.13. The van der Waals surface area contributed by atoms with Gasteiger partial charge < -0.3 is 11.1 Å². The molecule has 1 aromatic rings. The van der Waals surface area contributed by atoms with Crippen LogP contribution in [0.5, 0.6) is 0 Å². The van der Waals surface area contributed by atoms with E-state index in [1.54, 1.807) is 12.3 Å². The van der Waals surface area contributed by atoms with E-state index < -0.39 is 0 Å². The van der Waals surface area contributed by atoms with Gasteiger partial charge in [-0.1, -0.05) is 31.5 Å². The van der Waals surface area contributed by atoms with Crippen molar-refractivity contribution in [3.63, 3.8) is 0 Å². The molecule has 4 nitrogen and oxygen atoms in total. The fourth-order valence-electron chi connectivity index (χ4n) is 1.44. The Balaban J connectivity index is 2.63. The minimum atomic E-state index is -0.352. The SMILES string of the molecule is CC(C)C(NCc1cccnc1Cl)C(N)=O. The molecule has 5 heteroatoms. The Morgan fingerprint density at radius 1 is 1.62 bits per heavy atom. The first-order valence-electron chi connectivity index (χ1n) is 5.14. The molecule has 0 fully saturated rings. The lowest BCUT2D eigenvalue weighted by Crippen LogP contribution is -2.44. The van der Waals surface area contributed by atoms with E-state index in [9.17, 15) is 4.79 Å². The number of halogens is 1. The minimum Gasteiger partial charge on any atom is -0.368 e. The van der Waals surface area contributed by atoms with Gasteiger partial charge in [0.05, 0.1) is 6.04 Å². The van der Waals surface area contributed by atoms with Crippen molar-refractivity contribution < 1.29 is 4.79 Å². The summed E-state index contributed by atoms with van der Waals surface area (Å²) in [7, 11) is 0. The van der Waals surface area contributed by atoms with Crippen molar-refractivity contribution in [3.05, 3.63) is 29.0 Å². The molecule has 1 rings (SSSR count). The number of nitrogens with one attached hydrogen (secondary N) is 1. The zero-order valence-electron chi connectivity index (χ0n) is 9.40. The predicted molar refractivity (Wildman–Crippen MR) is 63.9 cm³/mol. The van der Waals surface area contributed by atoms with Gasteiger partial charge in [0.25, 0.3) is 0 Å². The summed E-state index contributed by atoms with van der Waals surface area (Å²) in [6.07, 6.45) is 1.62. The number of primary amides is 1. The maximum Gasteiger partial charge on any atom is 0.234 e. The summed E-state index contributed by atoms with van der Waals surface area (Å²) >= 11 is 5.90. The predicted octanol–water partition coefficient (Wildman–Crippen LogP) is 1.33. The van der Waals surface area contributed by atoms with Gasteiger partial charge in [0.15, 0.2) is 0 Å². The number of pyridine rings is 1. The Morgan fingerprint density at radius 3 is 2.81 bits per heavy atom. The van der Waals surface area contributed by atoms with Gasteiger partial charge in [0.2, 0.25) is 5.91 Å². The first kappa shape index (κ1) is 12.9. The maximum absolute atomic E-state index is 11.2. The van der Waals surface area contributed by atoms with E-state index in [0.717, 1.165) is 5.56 Å². The third-order valence-electron chi connectivity index (χ3n) is 2.32. The maximum atomic E-state index is 11.2. The molecular formula is C11H16ClN3O. The molecule has 88 valence electrons. The average molecular weight is 242 g/mol. The van der Waals surface area contributed by atoms with Gasteiger partial charge in [-0.05, 0) is 12.0 Å². The molecule has 0 bridgehead atoms. The van der Waals surface area contributed by atoms with Crippen LogP contribution < -0.4 is 11.1 Å². The zero-order chi connectivity index (χ0) is 12.1. The molecule has 0 aromatic carbocycles. The molecule has 1 heterocycles. The lowest BCUT2D eigenvalue weighted by Gasteiger charge is -2.19. The van der Waals surface area contributed by atoms with Gasteiger partial charge in [-0.2, -0.15) is 0 Å². The van der Waals surface area contributed by atoms with Crippen LogP contribution in [0, 0.1) is 5.92 Å². The van der Waals surface area contributed by atoms with Crippen LogP contribution in [0.4, 0.5) is 0 Å². The van der Waals surface area contributed by atoms with Crippen molar-refractivity contribution in [2.75, 3.05) is 0 Å². The van der Waals surface area contributed by atoms with Crippen LogP contribution in [-0.4, -0.2) is 16.9 Å². The van der Waals surface area contributed by atoms with E-state index in [-0.39, 0.29) is 17.9 Å². The molecule has 0 aliphatic carbocycles. The van der Waals surface area contributed by atoms with E-state index >= 15 is 0 Å². The van der Waals surface area contributed by atoms with Gasteiger partial charge in [0.1, 0.15) is 5.15 Å². The van der Waals surface area contributed by atoms with Gasteiger partial charge in [-0.3, -0.25) is 4.79 Å². The molecule has 1 aromatic heterocycles. The molecular weight excluding hydrogens is 226 g/mol. The van der Waals surface area contributed by atoms with Crippen molar-refractivity contribution in [1.29, 1.82) is 0 Å². The third-order valence-corrected chi connectivity index (χ3v) is 2.66. The van der Waals surface area contributed by atoms with Crippen LogP contribution in [0.1, 0.15) is 19.4 Å². The lowest BCUT2D eigenvalue weighted by atomic mass is 10.0. The fourth-order valence-corrected chi connectivity index (χ4v) is 1.62. The normalized spacial score (nSPS) is 12.8. The summed E-state index contributed by atoms with van der Waals surface area (Å²) < 4.78 is 0. The second kappa shape index (κ2) is 5.82. The number of amides is 1. The summed E-state index contributed by atoms with van der Waals surface area (Å²) in [4.78, 5) is 15.1. The Bertz CT molecular complexity index is 368. The Morgan fingerprint density at radius 2 is 2.31 bits per heavy atom. The second-order valence-corrected chi connectivity index (χ2v) is 4.32. The molecule has 0 aliphatic heterocycles. The van der Waals surface area contributed by atoms with E-state index in [4.69, 9.17) is 17.3 Å². The van der Waals surface area contributed by atoms with Crippen LogP contribution in [-0.2, 0) is 11.3 Å². The van der Waals surface area contributed by atoms with Crippen LogP contribution in [0.15, 0.2) is 18.3 Å². The standard InChI is InChI=1S/C11H16ClN3O/c1-7(2)9(11(13)16)15-6-8-4-3-5-14-10(8)12/h3-5,7,9,15H,6H2,1-2H3,(H2,13,16). The van der Waals surface area contributed by atoms with Crippen molar-refractivity contribution >= 4 is 17.5 Å². The highest BCUT2D eigenvalue weighted by molar-refractivity contribution is 6.30. The number of hydrogen-bond acceptors (Lipinski definition) is 3. The van der Waals surface area contributed by atoms with E-state index in [0.29, 0.717) is 11.7 Å². The van der Waals surface area contributed by atoms with Crippen molar-refractivity contribution in [2.45, 2.75) is 26.4 Å². The Kier molecular flexibility index (Phi) is 4.71. The quantitative estimate of drug-likeness (QED) is 0.765. The summed E-state index contributed by atoms with van der Waals surface area (Å²) in [5, 5.41) is 3.52. The molecule has 3 N–H and O–H groups in total. The molecule has 0 saturated carbocycles. The summed E-state index contributed by atoms with van der Waals surface area (Å²) in [5.74, 6) is -0.206. The van der Waals surface area contributed by atoms with E-state index in [1.807, 2.05) is 19.9 Å². The number of aromatic nitrogens is 1. The number of carbonyl (C=O) groups is 1. The molecule has 0 radical (unpaired) electrons. The first-order valence-corrected chi connectivity index (χ1v) is 5.52. The minimum absolute atomic E-state index is 0.146. The Labute approximate surface area is 100 Å². The van der Waals surface area contributed by atoms with Gasteiger partial charge in [-0.15, -0.1) is 0 Å². The average Bonchev–Trinajstić information content (AvgIpc) is 2.20. The molecule has 0 spiro atoms. The lowest BCUT2D eigenvalue weighted by molar-refractivity contribution is -0.121. The summed E-state index contributed by atoms with van der Waals surface area (Å²) in [6.45, 7) is 4.36. The number of hydrogen-bond donors (Lipinski definition) is 2. The van der Waals surface area contributed by atoms with Crippen molar-refractivity contribution in [3.8, 4) is 0 Å². The molecule has 0 saturated heterocycles. The summed E-state index contributed by atoms with van der Waals surface area (Å²) in [5.41, 5.74) is 6.15. The largest absolute Gasteiger partial charge is 0.368 e. The van der Waals surface area contributed by atoms with Gasteiger partial charge >= 0.3 is 0 Å². The molecule has 16 heavy (non-hydrogen) atoms. The van der Waals surface area contributed by atoms with E-state index in [2.05, 4.69) is 10.3 Å². The van der Waals surface area contributed by atoms with Crippen LogP contribution in [0.3, 0.4) is 0 Å². The molecule has 1 atom stereocenters. The van der Waals surface area contributed by atoms with Crippen LogP contribution in [0.2, 0.25) is 5.15 Å². The molecule has 1 unspecified atom stereocenters. The molecule has 1 amide bonds. The smallest absolute Gasteiger partial charge is 0.234 e. The van der Waals surface area contributed by atoms with Crippen LogP contribution >= 0.6 is 11.6 Å². The highest BCUT2D eigenvalue weighted by Gasteiger charge is 2.18. The second-order valence-electron chi connectivity index (χ2n) is 3.96. The number of carbonyl (C=O) groups excluding carboxylic acids is 1. The number of nitrogens with two attached hydrogens (primary N) is 1. The van der Waals surface area contributed by atoms with E-state index in [1.165, 1.54) is 0 Å². The van der Waals surface area contributed by atoms with Gasteiger partial charge in [-0.25, -0.2) is 4.98 Å². The first-order chi connectivity index (χ1) is 7.52. The highest BCUT2D eigenvalue weighted by atomic mass is 35.5. The highest BCUT2D eigenvalue weighted by Crippen LogP contribution is 2.12. The number of nitrogens with zero attached hydrogens (tertiary/aromatic N) is 1. The number of rotatable bonds is 5. The fraction of sp³-hybridized carbons (Fsp3) is 0.455. The molecule has 0 aliphatic rings. The van der Waals surface area contributed by atoms with Crippen LogP contribution in [0.25, 0.3) is 0 Å². The topological polar surface area (TPSA) is 68.0 Å². The summed E-state index contributed by atoms with van der Waals surface area (Å²) in [6, 6.07) is 3.31. The van der Waals surface area contributed by atoms with Crippen molar-refractivity contribution in [1.82, 2.24) is 10.3 Å². The monoisotopic (exact) mass is 241 g/mol. The third kappa shape index (κ3) is 3.47. The van der Waals surface area contributed by atoms with Crippen molar-refractivity contribution in [2.24, 2.45) is 11.7 Å². The zero-order valence-corrected chi connectivity index (χ0v) is 10.2. The van der Waals surface area contributed by atoms with Gasteiger partial charge in [0, 0.05) is 18.3 Å².